The topological polar surface area (TPSA) is 65.4 Å². The van der Waals surface area contributed by atoms with Gasteiger partial charge in [0.2, 0.25) is 0 Å². The van der Waals surface area contributed by atoms with Crippen molar-refractivity contribution in [2.75, 3.05) is 13.2 Å². The standard InChI is InChI=1S/C9H14N2O2/c1-7-2-3-9(13)8(11-7)6-10-4-5-12/h2-3,10,12-13H,4-6H2,1H3. The summed E-state index contributed by atoms with van der Waals surface area (Å²) in [5.74, 6) is 0.191. The number of hydrogen-bond donors (Lipinski definition) is 3. The van der Waals surface area contributed by atoms with Gasteiger partial charge in [-0.2, -0.15) is 0 Å². The van der Waals surface area contributed by atoms with Gasteiger partial charge in [0.25, 0.3) is 0 Å². The average Bonchev–Trinajstić information content (AvgIpc) is 2.11. The average molecular weight is 182 g/mol. The maximum atomic E-state index is 9.37. The Morgan fingerprint density at radius 3 is 2.92 bits per heavy atom. The van der Waals surface area contributed by atoms with E-state index in [-0.39, 0.29) is 12.4 Å². The van der Waals surface area contributed by atoms with Gasteiger partial charge < -0.3 is 15.5 Å². The van der Waals surface area contributed by atoms with Crippen molar-refractivity contribution < 1.29 is 10.2 Å². The van der Waals surface area contributed by atoms with E-state index in [0.29, 0.717) is 18.8 Å². The van der Waals surface area contributed by atoms with Crippen LogP contribution in [-0.2, 0) is 6.54 Å². The molecule has 0 atom stereocenters. The predicted molar refractivity (Wildman–Crippen MR) is 49.4 cm³/mol. The SMILES string of the molecule is Cc1ccc(O)c(CNCCO)n1. The van der Waals surface area contributed by atoms with Gasteiger partial charge in [0.05, 0.1) is 12.3 Å². The normalized spacial score (nSPS) is 10.3. The van der Waals surface area contributed by atoms with Crippen molar-refractivity contribution in [2.45, 2.75) is 13.5 Å². The summed E-state index contributed by atoms with van der Waals surface area (Å²) in [6, 6.07) is 3.38. The van der Waals surface area contributed by atoms with Crippen LogP contribution in [0, 0.1) is 6.92 Å². The van der Waals surface area contributed by atoms with E-state index in [1.807, 2.05) is 6.92 Å². The zero-order valence-corrected chi connectivity index (χ0v) is 7.62. The molecule has 0 amide bonds. The number of rotatable bonds is 4. The zero-order valence-electron chi connectivity index (χ0n) is 7.62. The molecule has 1 aromatic rings. The first-order chi connectivity index (χ1) is 6.24. The summed E-state index contributed by atoms with van der Waals surface area (Å²) in [6.45, 7) is 2.95. The lowest BCUT2D eigenvalue weighted by molar-refractivity contribution is 0.291. The smallest absolute Gasteiger partial charge is 0.138 e. The van der Waals surface area contributed by atoms with E-state index in [1.54, 1.807) is 12.1 Å². The number of pyridine rings is 1. The first kappa shape index (κ1) is 9.95. The fourth-order valence-electron chi connectivity index (χ4n) is 1.02. The molecule has 72 valence electrons. The molecule has 0 aliphatic heterocycles. The highest BCUT2D eigenvalue weighted by atomic mass is 16.3. The second-order valence-electron chi connectivity index (χ2n) is 2.82. The lowest BCUT2D eigenvalue weighted by Gasteiger charge is -2.05. The lowest BCUT2D eigenvalue weighted by atomic mass is 10.3. The van der Waals surface area contributed by atoms with Gasteiger partial charge >= 0.3 is 0 Å². The molecule has 0 fully saturated rings. The molecule has 0 saturated carbocycles. The molecule has 0 radical (unpaired) electrons. The summed E-state index contributed by atoms with van der Waals surface area (Å²) < 4.78 is 0. The number of aliphatic hydroxyl groups excluding tert-OH is 1. The lowest BCUT2D eigenvalue weighted by Crippen LogP contribution is -2.18. The molecule has 0 spiro atoms. The van der Waals surface area contributed by atoms with Gasteiger partial charge in [0, 0.05) is 18.8 Å². The number of nitrogens with one attached hydrogen (secondary N) is 1. The molecule has 0 bridgehead atoms. The van der Waals surface area contributed by atoms with E-state index in [1.165, 1.54) is 0 Å². The summed E-state index contributed by atoms with van der Waals surface area (Å²) in [7, 11) is 0. The fraction of sp³-hybridized carbons (Fsp3) is 0.444. The fourth-order valence-corrected chi connectivity index (χ4v) is 1.02. The van der Waals surface area contributed by atoms with Gasteiger partial charge in [0.1, 0.15) is 5.75 Å². The minimum Gasteiger partial charge on any atom is -0.506 e. The van der Waals surface area contributed by atoms with E-state index in [9.17, 15) is 5.11 Å². The minimum atomic E-state index is 0.0899. The molecule has 0 unspecified atom stereocenters. The third-order valence-electron chi connectivity index (χ3n) is 1.67. The van der Waals surface area contributed by atoms with Crippen molar-refractivity contribution in [1.29, 1.82) is 0 Å². The quantitative estimate of drug-likeness (QED) is 0.581. The van der Waals surface area contributed by atoms with Crippen LogP contribution in [0.2, 0.25) is 0 Å². The van der Waals surface area contributed by atoms with E-state index < -0.39 is 0 Å². The Kier molecular flexibility index (Phi) is 3.67. The number of hydrogen-bond acceptors (Lipinski definition) is 4. The van der Waals surface area contributed by atoms with E-state index >= 15 is 0 Å². The van der Waals surface area contributed by atoms with Crippen LogP contribution < -0.4 is 5.32 Å². The number of aliphatic hydroxyl groups is 1. The summed E-state index contributed by atoms with van der Waals surface area (Å²) in [4.78, 5) is 4.15. The Morgan fingerprint density at radius 1 is 1.46 bits per heavy atom. The number of nitrogens with zero attached hydrogens (tertiary/aromatic N) is 1. The van der Waals surface area contributed by atoms with E-state index in [2.05, 4.69) is 10.3 Å². The molecule has 1 heterocycles. The molecule has 1 rings (SSSR count). The first-order valence-corrected chi connectivity index (χ1v) is 4.21. The zero-order chi connectivity index (χ0) is 9.68. The minimum absolute atomic E-state index is 0.0899. The van der Waals surface area contributed by atoms with Crippen molar-refractivity contribution in [3.63, 3.8) is 0 Å². The third-order valence-corrected chi connectivity index (χ3v) is 1.67. The van der Waals surface area contributed by atoms with Crippen LogP contribution >= 0.6 is 0 Å². The van der Waals surface area contributed by atoms with Gasteiger partial charge in [-0.15, -0.1) is 0 Å². The van der Waals surface area contributed by atoms with Gasteiger partial charge in [-0.1, -0.05) is 0 Å². The van der Waals surface area contributed by atoms with Crippen LogP contribution in [-0.4, -0.2) is 28.3 Å². The molecule has 0 aliphatic carbocycles. The van der Waals surface area contributed by atoms with Gasteiger partial charge in [-0.25, -0.2) is 0 Å². The third kappa shape index (κ3) is 3.01. The molecule has 4 nitrogen and oxygen atoms in total. The highest BCUT2D eigenvalue weighted by Crippen LogP contribution is 2.13. The molecule has 0 aliphatic rings. The van der Waals surface area contributed by atoms with Crippen molar-refractivity contribution in [3.05, 3.63) is 23.5 Å². The highest BCUT2D eigenvalue weighted by molar-refractivity contribution is 5.27. The molecule has 0 aromatic carbocycles. The van der Waals surface area contributed by atoms with Gasteiger partial charge in [0.15, 0.2) is 0 Å². The largest absolute Gasteiger partial charge is 0.506 e. The van der Waals surface area contributed by atoms with Crippen LogP contribution in [0.1, 0.15) is 11.4 Å². The van der Waals surface area contributed by atoms with Crippen LogP contribution in [0.4, 0.5) is 0 Å². The number of aromatic hydroxyl groups is 1. The molecule has 0 saturated heterocycles. The Bertz CT molecular complexity index is 276. The van der Waals surface area contributed by atoms with Crippen LogP contribution in [0.5, 0.6) is 5.75 Å². The van der Waals surface area contributed by atoms with Gasteiger partial charge in [-0.3, -0.25) is 4.98 Å². The summed E-state index contributed by atoms with van der Waals surface area (Å²) in [5.41, 5.74) is 1.49. The maximum Gasteiger partial charge on any atom is 0.138 e. The summed E-state index contributed by atoms with van der Waals surface area (Å²) in [6.07, 6.45) is 0. The maximum absolute atomic E-state index is 9.37. The Labute approximate surface area is 77.2 Å². The van der Waals surface area contributed by atoms with Crippen molar-refractivity contribution in [1.82, 2.24) is 10.3 Å². The molecule has 3 N–H and O–H groups in total. The Hall–Kier alpha value is -1.13. The van der Waals surface area contributed by atoms with E-state index in [4.69, 9.17) is 5.11 Å². The van der Waals surface area contributed by atoms with E-state index in [0.717, 1.165) is 5.69 Å². The molecular weight excluding hydrogens is 168 g/mol. The summed E-state index contributed by atoms with van der Waals surface area (Å²) in [5, 5.41) is 20.8. The van der Waals surface area contributed by atoms with Crippen molar-refractivity contribution in [2.24, 2.45) is 0 Å². The first-order valence-electron chi connectivity index (χ1n) is 4.21. The molecule has 4 heteroatoms. The molecule has 13 heavy (non-hydrogen) atoms. The highest BCUT2D eigenvalue weighted by Gasteiger charge is 2.01. The molecule has 1 aromatic heterocycles. The van der Waals surface area contributed by atoms with Gasteiger partial charge in [-0.05, 0) is 19.1 Å². The van der Waals surface area contributed by atoms with Crippen molar-refractivity contribution >= 4 is 0 Å². The Balaban J connectivity index is 2.59. The monoisotopic (exact) mass is 182 g/mol. The molecular formula is C9H14N2O2. The van der Waals surface area contributed by atoms with Crippen molar-refractivity contribution in [3.8, 4) is 5.75 Å². The Morgan fingerprint density at radius 2 is 2.23 bits per heavy atom. The second kappa shape index (κ2) is 4.79. The second-order valence-corrected chi connectivity index (χ2v) is 2.82. The number of aromatic nitrogens is 1. The van der Waals surface area contributed by atoms with Crippen LogP contribution in [0.25, 0.3) is 0 Å². The summed E-state index contributed by atoms with van der Waals surface area (Å²) >= 11 is 0. The predicted octanol–water partition coefficient (Wildman–Crippen LogP) is 0.178. The van der Waals surface area contributed by atoms with Crippen LogP contribution in [0.3, 0.4) is 0 Å². The number of aryl methyl sites for hydroxylation is 1. The van der Waals surface area contributed by atoms with Crippen LogP contribution in [0.15, 0.2) is 12.1 Å².